The Balaban J connectivity index is 2.90. The summed E-state index contributed by atoms with van der Waals surface area (Å²) >= 11 is 0. The molecule has 0 unspecified atom stereocenters. The number of methoxy groups -OCH3 is 1. The molecule has 158 valence electrons. The van der Waals surface area contributed by atoms with Gasteiger partial charge in [0, 0.05) is 25.4 Å². The molecule has 1 rings (SSSR count). The highest BCUT2D eigenvalue weighted by Crippen LogP contribution is 2.11. The summed E-state index contributed by atoms with van der Waals surface area (Å²) in [6.45, 7) is 9.09. The number of hydrogen-bond acceptors (Lipinski definition) is 6. The second kappa shape index (κ2) is 10.1. The van der Waals surface area contributed by atoms with E-state index < -0.39 is 35.7 Å². The first-order chi connectivity index (χ1) is 12.9. The van der Waals surface area contributed by atoms with Crippen LogP contribution >= 0.6 is 0 Å². The molecule has 1 aromatic heterocycles. The number of carbonyl (C=O) groups is 3. The SMILES string of the molecule is COC(=O)[C@H](Cc1cncn1C)NC(=O)[C@H](CC(C)C)NC(=O)OC(C)(C)C. The highest BCUT2D eigenvalue weighted by molar-refractivity contribution is 5.89. The Morgan fingerprint density at radius 2 is 1.82 bits per heavy atom. The van der Waals surface area contributed by atoms with Crippen LogP contribution in [-0.2, 0) is 32.5 Å². The van der Waals surface area contributed by atoms with Gasteiger partial charge in [0.25, 0.3) is 0 Å². The summed E-state index contributed by atoms with van der Waals surface area (Å²) < 4.78 is 11.8. The summed E-state index contributed by atoms with van der Waals surface area (Å²) in [6, 6.07) is -1.74. The maximum Gasteiger partial charge on any atom is 0.408 e. The number of alkyl carbamates (subject to hydrolysis) is 1. The van der Waals surface area contributed by atoms with Crippen molar-refractivity contribution in [1.29, 1.82) is 0 Å². The Labute approximate surface area is 166 Å². The van der Waals surface area contributed by atoms with Gasteiger partial charge in [0.1, 0.15) is 17.7 Å². The fraction of sp³-hybridized carbons (Fsp3) is 0.684. The highest BCUT2D eigenvalue weighted by atomic mass is 16.6. The number of carbonyl (C=O) groups excluding carboxylic acids is 3. The van der Waals surface area contributed by atoms with Gasteiger partial charge in [-0.05, 0) is 33.1 Å². The van der Waals surface area contributed by atoms with Crippen LogP contribution in [0.5, 0.6) is 0 Å². The summed E-state index contributed by atoms with van der Waals surface area (Å²) in [4.78, 5) is 41.1. The van der Waals surface area contributed by atoms with Crippen molar-refractivity contribution in [2.45, 2.75) is 65.1 Å². The summed E-state index contributed by atoms with van der Waals surface area (Å²) in [5, 5.41) is 5.28. The quantitative estimate of drug-likeness (QED) is 0.645. The predicted octanol–water partition coefficient (Wildman–Crippen LogP) is 1.56. The van der Waals surface area contributed by atoms with Crippen LogP contribution in [0.3, 0.4) is 0 Å². The number of aryl methyl sites for hydroxylation is 1. The number of nitrogens with zero attached hydrogens (tertiary/aromatic N) is 2. The zero-order valence-corrected chi connectivity index (χ0v) is 17.7. The number of esters is 1. The number of rotatable bonds is 8. The van der Waals surface area contributed by atoms with Crippen molar-refractivity contribution >= 4 is 18.0 Å². The lowest BCUT2D eigenvalue weighted by molar-refractivity contribution is -0.145. The molecule has 0 aromatic carbocycles. The first-order valence-corrected chi connectivity index (χ1v) is 9.25. The minimum atomic E-state index is -0.900. The summed E-state index contributed by atoms with van der Waals surface area (Å²) in [5.74, 6) is -0.911. The van der Waals surface area contributed by atoms with Gasteiger partial charge in [-0.1, -0.05) is 13.8 Å². The average molecular weight is 396 g/mol. The van der Waals surface area contributed by atoms with E-state index in [2.05, 4.69) is 15.6 Å². The molecular weight excluding hydrogens is 364 g/mol. The third kappa shape index (κ3) is 7.98. The van der Waals surface area contributed by atoms with Crippen molar-refractivity contribution in [2.24, 2.45) is 13.0 Å². The lowest BCUT2D eigenvalue weighted by atomic mass is 10.0. The summed E-state index contributed by atoms with van der Waals surface area (Å²) in [7, 11) is 3.05. The van der Waals surface area contributed by atoms with E-state index in [1.54, 1.807) is 44.9 Å². The molecular formula is C19H32N4O5. The predicted molar refractivity (Wildman–Crippen MR) is 103 cm³/mol. The third-order valence-electron chi connectivity index (χ3n) is 3.85. The average Bonchev–Trinajstić information content (AvgIpc) is 2.95. The van der Waals surface area contributed by atoms with Crippen LogP contribution < -0.4 is 10.6 Å². The molecule has 0 aliphatic carbocycles. The van der Waals surface area contributed by atoms with Crippen LogP contribution in [0.4, 0.5) is 4.79 Å². The van der Waals surface area contributed by atoms with Gasteiger partial charge in [-0.3, -0.25) is 4.79 Å². The van der Waals surface area contributed by atoms with E-state index in [9.17, 15) is 14.4 Å². The Morgan fingerprint density at radius 3 is 2.29 bits per heavy atom. The molecule has 0 fully saturated rings. The standard InChI is InChI=1S/C19H32N4O5/c1-12(2)8-14(22-18(26)28-19(3,4)5)16(24)21-15(17(25)27-7)9-13-10-20-11-23(13)6/h10-12,14-15H,8-9H2,1-7H3,(H,21,24)(H,22,26)/t14-,15-/m0/s1. The van der Waals surface area contributed by atoms with E-state index in [1.807, 2.05) is 13.8 Å². The first kappa shape index (κ1) is 23.5. The molecule has 1 heterocycles. The molecule has 0 aliphatic heterocycles. The fourth-order valence-corrected chi connectivity index (χ4v) is 2.55. The molecule has 0 spiro atoms. The number of imidazole rings is 1. The number of ether oxygens (including phenoxy) is 2. The van der Waals surface area contributed by atoms with Crippen molar-refractivity contribution in [1.82, 2.24) is 20.2 Å². The number of nitrogens with one attached hydrogen (secondary N) is 2. The van der Waals surface area contributed by atoms with Crippen LogP contribution in [0.25, 0.3) is 0 Å². The maximum absolute atomic E-state index is 12.8. The van der Waals surface area contributed by atoms with Gasteiger partial charge in [0.2, 0.25) is 5.91 Å². The lowest BCUT2D eigenvalue weighted by Gasteiger charge is -2.25. The molecule has 0 aliphatic rings. The fourth-order valence-electron chi connectivity index (χ4n) is 2.55. The Bertz CT molecular complexity index is 678. The second-order valence-corrected chi connectivity index (χ2v) is 8.11. The Hall–Kier alpha value is -2.58. The van der Waals surface area contributed by atoms with Gasteiger partial charge >= 0.3 is 12.1 Å². The third-order valence-corrected chi connectivity index (χ3v) is 3.85. The van der Waals surface area contributed by atoms with Gasteiger partial charge in [0.15, 0.2) is 0 Å². The number of aromatic nitrogens is 2. The lowest BCUT2D eigenvalue weighted by Crippen LogP contribution is -2.53. The molecule has 28 heavy (non-hydrogen) atoms. The van der Waals surface area contributed by atoms with Gasteiger partial charge in [-0.15, -0.1) is 0 Å². The molecule has 0 saturated heterocycles. The van der Waals surface area contributed by atoms with Crippen LogP contribution in [0.1, 0.15) is 46.7 Å². The minimum absolute atomic E-state index is 0.138. The molecule has 2 amide bonds. The Kier molecular flexibility index (Phi) is 8.46. The monoisotopic (exact) mass is 396 g/mol. The van der Waals surface area contributed by atoms with Gasteiger partial charge in [-0.2, -0.15) is 0 Å². The highest BCUT2D eigenvalue weighted by Gasteiger charge is 2.29. The molecule has 1 aromatic rings. The van der Waals surface area contributed by atoms with Gasteiger partial charge < -0.3 is 24.7 Å². The number of amides is 2. The van der Waals surface area contributed by atoms with Crippen molar-refractivity contribution in [3.63, 3.8) is 0 Å². The zero-order valence-electron chi connectivity index (χ0n) is 17.7. The second-order valence-electron chi connectivity index (χ2n) is 8.11. The molecule has 0 radical (unpaired) electrons. The van der Waals surface area contributed by atoms with E-state index in [0.29, 0.717) is 6.42 Å². The largest absolute Gasteiger partial charge is 0.467 e. The van der Waals surface area contributed by atoms with Crippen LogP contribution in [0.15, 0.2) is 12.5 Å². The summed E-state index contributed by atoms with van der Waals surface area (Å²) in [5.41, 5.74) is 0.0769. The molecule has 2 N–H and O–H groups in total. The van der Waals surface area contributed by atoms with Crippen molar-refractivity contribution in [3.05, 3.63) is 18.2 Å². The van der Waals surface area contributed by atoms with Crippen molar-refractivity contribution < 1.29 is 23.9 Å². The van der Waals surface area contributed by atoms with E-state index in [-0.39, 0.29) is 12.3 Å². The van der Waals surface area contributed by atoms with E-state index >= 15 is 0 Å². The van der Waals surface area contributed by atoms with Crippen LogP contribution in [0.2, 0.25) is 0 Å². The van der Waals surface area contributed by atoms with Crippen LogP contribution in [-0.4, -0.2) is 52.3 Å². The molecule has 9 nitrogen and oxygen atoms in total. The molecule has 2 atom stereocenters. The van der Waals surface area contributed by atoms with Crippen LogP contribution in [0, 0.1) is 5.92 Å². The Morgan fingerprint density at radius 1 is 1.18 bits per heavy atom. The van der Waals surface area contributed by atoms with Crippen molar-refractivity contribution in [2.75, 3.05) is 7.11 Å². The zero-order chi connectivity index (χ0) is 21.5. The smallest absolute Gasteiger partial charge is 0.408 e. The molecule has 0 bridgehead atoms. The van der Waals surface area contributed by atoms with Crippen molar-refractivity contribution in [3.8, 4) is 0 Å². The minimum Gasteiger partial charge on any atom is -0.467 e. The normalized spacial score (nSPS) is 13.6. The van der Waals surface area contributed by atoms with Gasteiger partial charge in [0.05, 0.1) is 13.4 Å². The topological polar surface area (TPSA) is 112 Å². The van der Waals surface area contributed by atoms with E-state index in [4.69, 9.17) is 9.47 Å². The molecule has 0 saturated carbocycles. The van der Waals surface area contributed by atoms with E-state index in [1.165, 1.54) is 7.11 Å². The van der Waals surface area contributed by atoms with Gasteiger partial charge in [-0.25, -0.2) is 14.6 Å². The summed E-state index contributed by atoms with van der Waals surface area (Å²) in [6.07, 6.45) is 3.15. The van der Waals surface area contributed by atoms with E-state index in [0.717, 1.165) is 5.69 Å². The first-order valence-electron chi connectivity index (χ1n) is 9.25. The molecule has 9 heteroatoms. The number of hydrogen-bond donors (Lipinski definition) is 2. The maximum atomic E-state index is 12.8.